The molecule has 2 aromatic rings. The molecule has 2 saturated heterocycles. The minimum absolute atomic E-state index is 0.708. The van der Waals surface area contributed by atoms with E-state index >= 15 is 0 Å². The summed E-state index contributed by atoms with van der Waals surface area (Å²) in [5.74, 6) is 0. The van der Waals surface area contributed by atoms with Crippen LogP contribution in [0.4, 0.5) is 52.7 Å². The van der Waals surface area contributed by atoms with Gasteiger partial charge in [0.15, 0.2) is 0 Å². The van der Waals surface area contributed by atoms with Gasteiger partial charge in [0.2, 0.25) is 0 Å². The first kappa shape index (κ1) is 26.9. The molecule has 0 unspecified atom stereocenters. The zero-order chi connectivity index (χ0) is 27.2. The number of benzene rings is 2. The van der Waals surface area contributed by atoms with Gasteiger partial charge in [-0.05, 0) is 0 Å². The predicted octanol–water partition coefficient (Wildman–Crippen LogP) is 6.31. The van der Waals surface area contributed by atoms with Crippen molar-refractivity contribution in [3.05, 3.63) is 60.7 Å². The normalized spacial score (nSPS) is 23.8. The third kappa shape index (κ3) is 2.81. The van der Waals surface area contributed by atoms with Gasteiger partial charge in [-0.2, -0.15) is 0 Å². The Kier molecular flexibility index (Phi) is 5.40. The van der Waals surface area contributed by atoms with Crippen molar-refractivity contribution in [1.29, 1.82) is 0 Å². The summed E-state index contributed by atoms with van der Waals surface area (Å²) in [4.78, 5) is -2.83. The van der Waals surface area contributed by atoms with E-state index in [0.717, 1.165) is 24.3 Å². The molecule has 198 valence electrons. The van der Waals surface area contributed by atoms with Gasteiger partial charge in [-0.25, -0.2) is 0 Å². The van der Waals surface area contributed by atoms with Crippen LogP contribution in [-0.2, 0) is 9.05 Å². The van der Waals surface area contributed by atoms with E-state index in [9.17, 15) is 52.7 Å². The second kappa shape index (κ2) is 7.23. The van der Waals surface area contributed by atoms with E-state index in [1.165, 1.54) is 12.1 Å². The van der Waals surface area contributed by atoms with Gasteiger partial charge in [0.1, 0.15) is 0 Å². The van der Waals surface area contributed by atoms with Crippen LogP contribution in [0.15, 0.2) is 60.7 Å². The van der Waals surface area contributed by atoms with Gasteiger partial charge >= 0.3 is 198 Å². The molecule has 0 aromatic heterocycles. The molecule has 0 atom stereocenters. The van der Waals surface area contributed by atoms with Crippen molar-refractivity contribution in [3.8, 4) is 0 Å². The molecule has 2 aliphatic rings. The van der Waals surface area contributed by atoms with Crippen LogP contribution < -0.4 is 10.6 Å². The van der Waals surface area contributed by atoms with Crippen LogP contribution in [0.1, 0.15) is 0 Å². The Morgan fingerprint density at radius 1 is 0.583 bits per heavy atom. The first-order chi connectivity index (χ1) is 16.2. The molecule has 0 aliphatic carbocycles. The molecule has 0 saturated carbocycles. The van der Waals surface area contributed by atoms with E-state index in [1.807, 2.05) is 0 Å². The van der Waals surface area contributed by atoms with Gasteiger partial charge in [-0.1, -0.05) is 0 Å². The fourth-order valence-corrected chi connectivity index (χ4v) is 10.7. The Morgan fingerprint density at radius 2 is 0.944 bits per heavy atom. The maximum atomic E-state index is 14.2. The number of hydrogen-bond acceptors (Lipinski definition) is 3. The van der Waals surface area contributed by atoms with Gasteiger partial charge in [0.05, 0.1) is 0 Å². The van der Waals surface area contributed by atoms with E-state index in [0.29, 0.717) is 24.3 Å². The molecule has 36 heavy (non-hydrogen) atoms. The third-order valence-corrected chi connectivity index (χ3v) is 11.2. The van der Waals surface area contributed by atoms with Gasteiger partial charge in [-0.15, -0.1) is 0 Å². The molecule has 2 heterocycles. The molecule has 17 heteroatoms. The average Bonchev–Trinajstić information content (AvgIpc) is 2.91. The number of thiocarbonyl (C=S) groups is 1. The van der Waals surface area contributed by atoms with Crippen LogP contribution in [0.3, 0.4) is 0 Å². The average molecular weight is 575 g/mol. The van der Waals surface area contributed by atoms with Gasteiger partial charge in [-0.3, -0.25) is 0 Å². The number of hydrogen-bond donors (Lipinski definition) is 0. The molecule has 0 bridgehead atoms. The third-order valence-electron chi connectivity index (χ3n) is 5.75. The molecule has 2 aliphatic heterocycles. The molecule has 0 radical (unpaired) electrons. The van der Waals surface area contributed by atoms with E-state index in [4.69, 9.17) is 0 Å². The molecule has 3 nitrogen and oxygen atoms in total. The second-order valence-corrected chi connectivity index (χ2v) is 11.7. The molecule has 2 aromatic carbocycles. The summed E-state index contributed by atoms with van der Waals surface area (Å²) < 4.78 is 178. The number of halogens is 12. The van der Waals surface area contributed by atoms with Crippen molar-refractivity contribution in [1.82, 2.24) is 4.67 Å². The van der Waals surface area contributed by atoms with Crippen LogP contribution in [-0.4, -0.2) is 45.7 Å². The Bertz CT molecular complexity index is 1130. The number of alkyl halides is 12. The topological polar surface area (TPSA) is 21.7 Å². The summed E-state index contributed by atoms with van der Waals surface area (Å²) in [5, 5.41) is -1.87. The van der Waals surface area contributed by atoms with Crippen molar-refractivity contribution in [3.63, 3.8) is 0 Å². The van der Waals surface area contributed by atoms with Gasteiger partial charge < -0.3 is 0 Å². The van der Waals surface area contributed by atoms with E-state index < -0.39 is 63.5 Å². The molecule has 0 amide bonds. The summed E-state index contributed by atoms with van der Waals surface area (Å²) in [5.41, 5.74) is -11.4. The number of fused-ring (bicyclic) bond motifs is 1. The number of nitrogens with zero attached hydrogens (tertiary/aromatic N) is 1. The standard InChI is InChI=1S/C19H10F12NO2PS/c20-16(21,22)14(17(23,24)25)13(36)32-15(18(26,27)28,19(29,30)31)34-35(32,33-14,11-7-3-1-4-8-11)12-9-5-2-6-10-12/h1-10H. The zero-order valence-electron chi connectivity index (χ0n) is 16.9. The summed E-state index contributed by atoms with van der Waals surface area (Å²) in [6.45, 7) is 0. The van der Waals surface area contributed by atoms with E-state index in [-0.39, 0.29) is 0 Å². The summed E-state index contributed by atoms with van der Waals surface area (Å²) in [6, 6.07) is 9.05. The maximum absolute atomic E-state index is 14.2. The number of rotatable bonds is 2. The molecular formula is C19H10F12NO2PS. The summed E-state index contributed by atoms with van der Waals surface area (Å²) >= 11 is 4.24. The molecule has 0 spiro atoms. The second-order valence-electron chi connectivity index (χ2n) is 7.70. The van der Waals surface area contributed by atoms with Crippen LogP contribution in [0.25, 0.3) is 0 Å². The van der Waals surface area contributed by atoms with Gasteiger partial charge in [0.25, 0.3) is 0 Å². The van der Waals surface area contributed by atoms with Crippen molar-refractivity contribution >= 4 is 35.0 Å². The monoisotopic (exact) mass is 575 g/mol. The van der Waals surface area contributed by atoms with Crippen molar-refractivity contribution in [2.45, 2.75) is 36.0 Å². The molecular weight excluding hydrogens is 565 g/mol. The SMILES string of the molecule is FC(F)(F)C1(C(F)(F)F)OP2(c3ccccc3)(c3ccccc3)OC(C(F)(F)F)(C(F)(F)F)N2C1=S. The van der Waals surface area contributed by atoms with Crippen LogP contribution in [0, 0.1) is 0 Å². The quantitative estimate of drug-likeness (QED) is 0.238. The van der Waals surface area contributed by atoms with Crippen molar-refractivity contribution < 1.29 is 61.7 Å². The molecule has 4 rings (SSSR count). The Hall–Kier alpha value is -2.16. The zero-order valence-corrected chi connectivity index (χ0v) is 18.6. The summed E-state index contributed by atoms with van der Waals surface area (Å²) in [6.07, 6.45) is -26.5. The Morgan fingerprint density at radius 3 is 1.25 bits per heavy atom. The summed E-state index contributed by atoms with van der Waals surface area (Å²) in [7, 11) is -6.80. The van der Waals surface area contributed by atoms with Crippen LogP contribution in [0.2, 0.25) is 0 Å². The fourth-order valence-electron chi connectivity index (χ4n) is 4.34. The van der Waals surface area contributed by atoms with Gasteiger partial charge in [0, 0.05) is 0 Å². The van der Waals surface area contributed by atoms with Crippen LogP contribution in [0.5, 0.6) is 0 Å². The minimum atomic E-state index is -6.80. The van der Waals surface area contributed by atoms with E-state index in [2.05, 4.69) is 21.3 Å². The molecule has 0 N–H and O–H groups in total. The van der Waals surface area contributed by atoms with Crippen molar-refractivity contribution in [2.75, 3.05) is 0 Å². The fraction of sp³-hybridized carbons (Fsp3) is 0.316. The molecule has 2 fully saturated rings. The predicted molar refractivity (Wildman–Crippen MR) is 105 cm³/mol. The Labute approximate surface area is 198 Å². The first-order valence-electron chi connectivity index (χ1n) is 9.41. The van der Waals surface area contributed by atoms with Crippen molar-refractivity contribution in [2.24, 2.45) is 0 Å². The van der Waals surface area contributed by atoms with E-state index in [1.54, 1.807) is 0 Å². The van der Waals surface area contributed by atoms with Crippen LogP contribution >= 0.6 is 19.4 Å². The first-order valence-corrected chi connectivity index (χ1v) is 11.8. The Balaban J connectivity index is 2.27.